The zero-order valence-corrected chi connectivity index (χ0v) is 10.9. The fraction of sp³-hybridized carbons (Fsp3) is 0.333. The zero-order chi connectivity index (χ0) is 12.9. The number of hydrogen-bond acceptors (Lipinski definition) is 4. The van der Waals surface area contributed by atoms with Gasteiger partial charge >= 0.3 is 0 Å². The first-order valence-electron chi connectivity index (χ1n) is 5.20. The van der Waals surface area contributed by atoms with Crippen LogP contribution >= 0.6 is 11.9 Å². The van der Waals surface area contributed by atoms with Crippen LogP contribution in [0.25, 0.3) is 0 Å². The highest BCUT2D eigenvalue weighted by Crippen LogP contribution is 2.18. The van der Waals surface area contributed by atoms with Crippen LogP contribution in [0.15, 0.2) is 40.4 Å². The molecule has 2 N–H and O–H groups in total. The molecule has 5 heteroatoms. The van der Waals surface area contributed by atoms with Crippen molar-refractivity contribution in [3.05, 3.63) is 30.3 Å². The van der Waals surface area contributed by atoms with E-state index in [9.17, 15) is 4.79 Å². The van der Waals surface area contributed by atoms with Crippen molar-refractivity contribution < 1.29 is 10.0 Å². The number of benzene rings is 1. The summed E-state index contributed by atoms with van der Waals surface area (Å²) in [6.07, 6.45) is 0. The Labute approximate surface area is 105 Å². The maximum Gasteiger partial charge on any atom is 0.279 e. The Bertz CT molecular complexity index is 410. The van der Waals surface area contributed by atoms with E-state index in [-0.39, 0.29) is 11.6 Å². The van der Waals surface area contributed by atoms with Crippen molar-refractivity contribution in [1.29, 1.82) is 0 Å². The lowest BCUT2D eigenvalue weighted by Gasteiger charge is -2.18. The van der Waals surface area contributed by atoms with Crippen LogP contribution in [0.2, 0.25) is 0 Å². The van der Waals surface area contributed by atoms with Gasteiger partial charge in [0.15, 0.2) is 5.71 Å². The van der Waals surface area contributed by atoms with Gasteiger partial charge in [0.25, 0.3) is 5.91 Å². The molecule has 1 amide bonds. The van der Waals surface area contributed by atoms with Gasteiger partial charge in [-0.2, -0.15) is 0 Å². The van der Waals surface area contributed by atoms with E-state index in [0.717, 1.165) is 4.90 Å². The molecule has 0 heterocycles. The first-order valence-corrected chi connectivity index (χ1v) is 6.01. The summed E-state index contributed by atoms with van der Waals surface area (Å²) in [5.74, 6) is -0.381. The average molecular weight is 252 g/mol. The Balaban J connectivity index is 2.62. The number of carbonyl (C=O) groups is 1. The van der Waals surface area contributed by atoms with Crippen LogP contribution in [-0.4, -0.2) is 16.8 Å². The third-order valence-electron chi connectivity index (χ3n) is 2.03. The number of rotatable bonds is 3. The van der Waals surface area contributed by atoms with Crippen molar-refractivity contribution >= 4 is 23.6 Å². The first-order chi connectivity index (χ1) is 7.95. The van der Waals surface area contributed by atoms with Gasteiger partial charge in [0.2, 0.25) is 0 Å². The highest BCUT2D eigenvalue weighted by atomic mass is 32.2. The summed E-state index contributed by atoms with van der Waals surface area (Å²) in [6.45, 7) is 5.44. The number of nitrogens with one attached hydrogen (secondary N) is 1. The molecule has 0 fully saturated rings. The number of hydrogen-bond donors (Lipinski definition) is 2. The Kier molecular flexibility index (Phi) is 4.57. The summed E-state index contributed by atoms with van der Waals surface area (Å²) >= 11 is 1.20. The highest BCUT2D eigenvalue weighted by molar-refractivity contribution is 7.98. The van der Waals surface area contributed by atoms with Gasteiger partial charge in [-0.1, -0.05) is 44.1 Å². The molecular weight excluding hydrogens is 236 g/mol. The van der Waals surface area contributed by atoms with Crippen LogP contribution in [-0.2, 0) is 4.79 Å². The Hall–Kier alpha value is -1.49. The average Bonchev–Trinajstić information content (AvgIpc) is 2.27. The molecule has 0 spiro atoms. The number of amides is 1. The SMILES string of the molecule is CC(C)(C)C(=NO)C(=O)NSc1ccccc1. The molecule has 0 unspecified atom stereocenters. The molecule has 0 bridgehead atoms. The van der Waals surface area contributed by atoms with Crippen LogP contribution in [0.1, 0.15) is 20.8 Å². The lowest BCUT2D eigenvalue weighted by atomic mass is 9.90. The monoisotopic (exact) mass is 252 g/mol. The summed E-state index contributed by atoms with van der Waals surface area (Å²) in [5.41, 5.74) is -0.378. The molecule has 0 saturated carbocycles. The predicted molar refractivity (Wildman–Crippen MR) is 69.1 cm³/mol. The fourth-order valence-corrected chi connectivity index (χ4v) is 1.78. The molecule has 0 aromatic heterocycles. The molecule has 1 rings (SSSR count). The second-order valence-corrected chi connectivity index (χ2v) is 5.42. The van der Waals surface area contributed by atoms with Crippen molar-refractivity contribution in [2.75, 3.05) is 0 Å². The topological polar surface area (TPSA) is 61.7 Å². The number of oxime groups is 1. The molecule has 0 radical (unpaired) electrons. The van der Waals surface area contributed by atoms with E-state index in [1.54, 1.807) is 0 Å². The zero-order valence-electron chi connectivity index (χ0n) is 10.1. The maximum atomic E-state index is 11.8. The minimum absolute atomic E-state index is 0.112. The molecule has 4 nitrogen and oxygen atoms in total. The molecule has 1 aromatic carbocycles. The van der Waals surface area contributed by atoms with E-state index in [0.29, 0.717) is 0 Å². The second-order valence-electron chi connectivity index (χ2n) is 4.54. The smallest absolute Gasteiger partial charge is 0.279 e. The van der Waals surface area contributed by atoms with Gasteiger partial charge in [-0.3, -0.25) is 9.52 Å². The standard InChI is InChI=1S/C12H16N2O2S/c1-12(2,3)10(13-16)11(15)14-17-9-7-5-4-6-8-9/h4-8,16H,1-3H3,(H,14,15). The minimum Gasteiger partial charge on any atom is -0.410 e. The van der Waals surface area contributed by atoms with Gasteiger partial charge in [-0.15, -0.1) is 0 Å². The Morgan fingerprint density at radius 3 is 2.35 bits per heavy atom. The van der Waals surface area contributed by atoms with Gasteiger partial charge in [0.1, 0.15) is 0 Å². The number of nitrogens with zero attached hydrogens (tertiary/aromatic N) is 1. The summed E-state index contributed by atoms with van der Waals surface area (Å²) in [5, 5.41) is 11.9. The van der Waals surface area contributed by atoms with E-state index in [4.69, 9.17) is 5.21 Å². The van der Waals surface area contributed by atoms with Crippen molar-refractivity contribution in [3.8, 4) is 0 Å². The summed E-state index contributed by atoms with van der Waals surface area (Å²) < 4.78 is 2.64. The van der Waals surface area contributed by atoms with Gasteiger partial charge in [0.05, 0.1) is 0 Å². The normalized spacial score (nSPS) is 12.3. The molecule has 1 aromatic rings. The minimum atomic E-state index is -0.490. The Morgan fingerprint density at radius 1 is 1.29 bits per heavy atom. The molecule has 0 aliphatic carbocycles. The molecule has 17 heavy (non-hydrogen) atoms. The summed E-state index contributed by atoms with van der Waals surface area (Å²) in [7, 11) is 0. The maximum absolute atomic E-state index is 11.8. The largest absolute Gasteiger partial charge is 0.410 e. The third kappa shape index (κ3) is 4.11. The fourth-order valence-electron chi connectivity index (χ4n) is 1.18. The van der Waals surface area contributed by atoms with Gasteiger partial charge in [0, 0.05) is 10.3 Å². The second kappa shape index (κ2) is 5.72. The van der Waals surface area contributed by atoms with E-state index >= 15 is 0 Å². The molecular formula is C12H16N2O2S. The Morgan fingerprint density at radius 2 is 1.88 bits per heavy atom. The summed E-state index contributed by atoms with van der Waals surface area (Å²) in [6, 6.07) is 9.45. The third-order valence-corrected chi connectivity index (χ3v) is 2.83. The first kappa shape index (κ1) is 13.6. The van der Waals surface area contributed by atoms with Crippen LogP contribution < -0.4 is 4.72 Å². The van der Waals surface area contributed by atoms with Crippen molar-refractivity contribution in [2.45, 2.75) is 25.7 Å². The lowest BCUT2D eigenvalue weighted by Crippen LogP contribution is -2.35. The molecule has 0 aliphatic rings. The number of carbonyl (C=O) groups excluding carboxylic acids is 1. The van der Waals surface area contributed by atoms with Crippen LogP contribution in [0, 0.1) is 5.41 Å². The van der Waals surface area contributed by atoms with Crippen molar-refractivity contribution in [2.24, 2.45) is 10.6 Å². The molecule has 0 atom stereocenters. The highest BCUT2D eigenvalue weighted by Gasteiger charge is 2.26. The predicted octanol–water partition coefficient (Wildman–Crippen LogP) is 2.69. The van der Waals surface area contributed by atoms with Crippen LogP contribution in [0.5, 0.6) is 0 Å². The van der Waals surface area contributed by atoms with Gasteiger partial charge in [-0.25, -0.2) is 0 Å². The van der Waals surface area contributed by atoms with E-state index in [2.05, 4.69) is 9.88 Å². The summed E-state index contributed by atoms with van der Waals surface area (Å²) in [4.78, 5) is 12.7. The van der Waals surface area contributed by atoms with Crippen molar-refractivity contribution in [3.63, 3.8) is 0 Å². The van der Waals surface area contributed by atoms with E-state index in [1.165, 1.54) is 11.9 Å². The van der Waals surface area contributed by atoms with E-state index in [1.807, 2.05) is 51.1 Å². The molecule has 0 aliphatic heterocycles. The van der Waals surface area contributed by atoms with E-state index < -0.39 is 5.41 Å². The molecule has 92 valence electrons. The van der Waals surface area contributed by atoms with Crippen LogP contribution in [0.4, 0.5) is 0 Å². The van der Waals surface area contributed by atoms with Gasteiger partial charge < -0.3 is 5.21 Å². The van der Waals surface area contributed by atoms with Gasteiger partial charge in [-0.05, 0) is 24.1 Å². The molecule has 0 saturated heterocycles. The van der Waals surface area contributed by atoms with Crippen molar-refractivity contribution in [1.82, 2.24) is 4.72 Å². The lowest BCUT2D eigenvalue weighted by molar-refractivity contribution is -0.113. The quantitative estimate of drug-likeness (QED) is 0.376. The van der Waals surface area contributed by atoms with Crippen LogP contribution in [0.3, 0.4) is 0 Å².